The summed E-state index contributed by atoms with van der Waals surface area (Å²) < 4.78 is 30.4. The Labute approximate surface area is 419 Å². The Hall–Kier alpha value is -7.89. The number of aromatic nitrogens is 3. The summed E-state index contributed by atoms with van der Waals surface area (Å²) in [6, 6.07) is 65.2. The number of hydrogen-bond donors (Lipinski definition) is 0. The lowest BCUT2D eigenvalue weighted by atomic mass is 9.83. The van der Waals surface area contributed by atoms with Crippen molar-refractivity contribution in [2.45, 2.75) is 79.3 Å². The highest BCUT2D eigenvalue weighted by Crippen LogP contribution is 2.46. The third kappa shape index (κ3) is 7.76. The number of rotatable bonds is 7. The molecular formula is C66H60N4O. The average molecular weight is 927 g/mol. The summed E-state index contributed by atoms with van der Waals surface area (Å²) in [5, 5.41) is 9.23. The van der Waals surface area contributed by atoms with Gasteiger partial charge in [-0.1, -0.05) is 177 Å². The molecule has 0 fully saturated rings. The van der Waals surface area contributed by atoms with E-state index in [1.165, 1.54) is 27.1 Å². The summed E-state index contributed by atoms with van der Waals surface area (Å²) in [6.07, 6.45) is 0.378. The van der Waals surface area contributed by atoms with Crippen LogP contribution in [-0.4, -0.2) is 14.1 Å². The van der Waals surface area contributed by atoms with Crippen molar-refractivity contribution in [2.75, 3.05) is 4.90 Å². The van der Waals surface area contributed by atoms with E-state index in [0.29, 0.717) is 12.2 Å². The molecule has 0 atom stereocenters. The Morgan fingerprint density at radius 3 is 1.85 bits per heavy atom. The summed E-state index contributed by atoms with van der Waals surface area (Å²) in [4.78, 5) is 7.32. The Morgan fingerprint density at radius 1 is 0.535 bits per heavy atom. The van der Waals surface area contributed by atoms with Crippen LogP contribution in [0, 0.1) is 5.92 Å². The Balaban J connectivity index is 1.06. The fourth-order valence-corrected chi connectivity index (χ4v) is 10.9. The highest BCUT2D eigenvalue weighted by Gasteiger charge is 2.27. The zero-order valence-corrected chi connectivity index (χ0v) is 41.9. The lowest BCUT2D eigenvalue weighted by Crippen LogP contribution is -2.15. The van der Waals surface area contributed by atoms with Gasteiger partial charge < -0.3 is 14.2 Å². The minimum atomic E-state index is -1.54. The summed E-state index contributed by atoms with van der Waals surface area (Å²) in [5.41, 5.74) is 11.3. The molecule has 0 N–H and O–H groups in total. The SMILES string of the molecule is [2H]C([2H])(c1cc(-c2cccc3c4ccccc4c4ccccc4c4cccc5c4n(c23)CN5c2cccc(Oc3ccc4c5ccccc5n(-c5cc(C(C)(C)C)ccn5)c4c3)c2)cc(C(C)(C)C)c1)C(C)C. The van der Waals surface area contributed by atoms with Crippen molar-refractivity contribution in [1.29, 1.82) is 0 Å². The fourth-order valence-electron chi connectivity index (χ4n) is 10.9. The highest BCUT2D eigenvalue weighted by atomic mass is 16.5. The summed E-state index contributed by atoms with van der Waals surface area (Å²) in [7, 11) is 0. The van der Waals surface area contributed by atoms with Crippen molar-refractivity contribution < 1.29 is 7.48 Å². The van der Waals surface area contributed by atoms with E-state index in [2.05, 4.69) is 232 Å². The lowest BCUT2D eigenvalue weighted by molar-refractivity contribution is 0.483. The van der Waals surface area contributed by atoms with E-state index in [4.69, 9.17) is 9.72 Å². The maximum atomic E-state index is 9.39. The van der Waals surface area contributed by atoms with Crippen LogP contribution in [0.4, 0.5) is 11.4 Å². The molecule has 0 aliphatic carbocycles. The van der Waals surface area contributed by atoms with Gasteiger partial charge in [0.05, 0.1) is 27.8 Å². The molecule has 0 saturated carbocycles. The summed E-state index contributed by atoms with van der Waals surface area (Å²) in [5.74, 6) is 2.13. The first kappa shape index (κ1) is 42.0. The molecule has 4 heterocycles. The zero-order valence-electron chi connectivity index (χ0n) is 43.9. The highest BCUT2D eigenvalue weighted by molar-refractivity contribution is 6.22. The molecule has 5 heteroatoms. The van der Waals surface area contributed by atoms with Crippen LogP contribution in [0.1, 0.15) is 74.8 Å². The Kier molecular flexibility index (Phi) is 10.0. The zero-order chi connectivity index (χ0) is 50.6. The molecule has 71 heavy (non-hydrogen) atoms. The maximum absolute atomic E-state index is 9.39. The number of benzene rings is 8. The molecule has 11 aromatic rings. The van der Waals surface area contributed by atoms with Crippen LogP contribution < -0.4 is 9.64 Å². The Bertz CT molecular complexity index is 4090. The van der Waals surface area contributed by atoms with Crippen LogP contribution in [0.5, 0.6) is 11.5 Å². The van der Waals surface area contributed by atoms with E-state index in [9.17, 15) is 2.74 Å². The third-order valence-corrected chi connectivity index (χ3v) is 14.3. The predicted molar refractivity (Wildman–Crippen MR) is 301 cm³/mol. The van der Waals surface area contributed by atoms with Crippen LogP contribution in [0.15, 0.2) is 188 Å². The molecular weight excluding hydrogens is 865 g/mol. The molecule has 0 bridgehead atoms. The second kappa shape index (κ2) is 16.9. The van der Waals surface area contributed by atoms with Crippen molar-refractivity contribution in [3.8, 4) is 28.4 Å². The van der Waals surface area contributed by atoms with Gasteiger partial charge >= 0.3 is 0 Å². The van der Waals surface area contributed by atoms with Gasteiger partial charge in [0.15, 0.2) is 0 Å². The van der Waals surface area contributed by atoms with Gasteiger partial charge in [0, 0.05) is 53.9 Å². The molecule has 350 valence electrons. The van der Waals surface area contributed by atoms with Gasteiger partial charge in [-0.2, -0.15) is 0 Å². The maximum Gasteiger partial charge on any atom is 0.137 e. The molecule has 1 aliphatic heterocycles. The molecule has 8 aromatic carbocycles. The minimum absolute atomic E-state index is 0.0322. The van der Waals surface area contributed by atoms with Crippen LogP contribution in [0.25, 0.3) is 82.1 Å². The Morgan fingerprint density at radius 2 is 1.14 bits per heavy atom. The van der Waals surface area contributed by atoms with Crippen LogP contribution in [0.2, 0.25) is 0 Å². The molecule has 1 aliphatic rings. The number of fused-ring (bicyclic) bond motifs is 10. The van der Waals surface area contributed by atoms with Gasteiger partial charge in [-0.25, -0.2) is 4.98 Å². The summed E-state index contributed by atoms with van der Waals surface area (Å²) >= 11 is 0. The number of pyridine rings is 1. The van der Waals surface area contributed by atoms with Crippen molar-refractivity contribution in [3.63, 3.8) is 0 Å². The van der Waals surface area contributed by atoms with Crippen molar-refractivity contribution in [1.82, 2.24) is 14.1 Å². The van der Waals surface area contributed by atoms with Gasteiger partial charge in [0.1, 0.15) is 24.0 Å². The summed E-state index contributed by atoms with van der Waals surface area (Å²) in [6.45, 7) is 17.8. The van der Waals surface area contributed by atoms with Gasteiger partial charge in [-0.15, -0.1) is 0 Å². The topological polar surface area (TPSA) is 35.2 Å². The van der Waals surface area contributed by atoms with Gasteiger partial charge in [-0.05, 0) is 115 Å². The number of ether oxygens (including phenoxy) is 1. The van der Waals surface area contributed by atoms with Crippen molar-refractivity contribution >= 4 is 76.5 Å². The van der Waals surface area contributed by atoms with E-state index in [1.54, 1.807) is 0 Å². The molecule has 0 spiro atoms. The largest absolute Gasteiger partial charge is 0.457 e. The van der Waals surface area contributed by atoms with Crippen molar-refractivity contribution in [3.05, 3.63) is 205 Å². The first-order valence-electron chi connectivity index (χ1n) is 26.0. The first-order chi connectivity index (χ1) is 35.0. The van der Waals surface area contributed by atoms with Crippen molar-refractivity contribution in [2.24, 2.45) is 5.92 Å². The predicted octanol–water partition coefficient (Wildman–Crippen LogP) is 18.1. The third-order valence-electron chi connectivity index (χ3n) is 14.3. The monoisotopic (exact) mass is 926 g/mol. The smallest absolute Gasteiger partial charge is 0.137 e. The van der Waals surface area contributed by atoms with E-state index >= 15 is 0 Å². The number of anilines is 2. The molecule has 0 amide bonds. The second-order valence-corrected chi connectivity index (χ2v) is 21.6. The molecule has 0 unspecified atom stereocenters. The molecule has 5 nitrogen and oxygen atoms in total. The van der Waals surface area contributed by atoms with E-state index in [1.807, 2.05) is 26.1 Å². The van der Waals surface area contributed by atoms with Gasteiger partial charge in [0.25, 0.3) is 0 Å². The van der Waals surface area contributed by atoms with E-state index < -0.39 is 6.37 Å². The molecule has 12 rings (SSSR count). The second-order valence-electron chi connectivity index (χ2n) is 21.6. The first-order valence-corrected chi connectivity index (χ1v) is 25.0. The minimum Gasteiger partial charge on any atom is -0.457 e. The fraction of sp³-hybridized carbons (Fsp3) is 0.197. The lowest BCUT2D eigenvalue weighted by Gasteiger charge is -2.23. The quantitative estimate of drug-likeness (QED) is 0.160. The van der Waals surface area contributed by atoms with E-state index in [0.717, 1.165) is 89.0 Å². The van der Waals surface area contributed by atoms with Crippen LogP contribution >= 0.6 is 0 Å². The van der Waals surface area contributed by atoms with Crippen LogP contribution in [-0.2, 0) is 23.9 Å². The number of nitrogens with zero attached hydrogens (tertiary/aromatic N) is 4. The van der Waals surface area contributed by atoms with E-state index in [-0.39, 0.29) is 16.7 Å². The van der Waals surface area contributed by atoms with Gasteiger partial charge in [0.2, 0.25) is 0 Å². The standard InChI is InChI=1S/C66H60N4O/c1-42(2)34-43-35-44(37-46(36-43)66(6,7)8)50-25-16-26-57-53-22-11-9-20-51(53)52-21-10-12-23-54(52)58-27-17-29-60-64(58)69(63(50)57)41-68(60)47-18-15-19-48(39-47)71-49-30-31-56-55-24-13-14-28-59(55)70(61(56)40-49)62-38-45(32-33-67-62)65(3,4)5/h9-33,35-40,42H,34,41H2,1-8H3/i34D2. The number of hydrogen-bond acceptors (Lipinski definition) is 3. The normalized spacial score (nSPS) is 13.5. The molecule has 0 radical (unpaired) electrons. The molecule has 3 aromatic heterocycles. The average Bonchev–Trinajstić information content (AvgIpc) is 3.95. The van der Waals surface area contributed by atoms with Gasteiger partial charge in [-0.3, -0.25) is 4.57 Å². The van der Waals surface area contributed by atoms with Crippen LogP contribution in [0.3, 0.4) is 0 Å². The molecule has 0 saturated heterocycles. The number of para-hydroxylation sites is 3.